The lowest BCUT2D eigenvalue weighted by atomic mass is 10.0. The number of piperidine rings is 1. The van der Waals surface area contributed by atoms with Gasteiger partial charge in [-0.3, -0.25) is 0 Å². The highest BCUT2D eigenvalue weighted by atomic mass is 19.1. The van der Waals surface area contributed by atoms with Crippen LogP contribution in [0.3, 0.4) is 0 Å². The van der Waals surface area contributed by atoms with E-state index < -0.39 is 0 Å². The van der Waals surface area contributed by atoms with Gasteiger partial charge in [0, 0.05) is 31.9 Å². The van der Waals surface area contributed by atoms with E-state index in [1.165, 1.54) is 11.6 Å². The summed E-state index contributed by atoms with van der Waals surface area (Å²) in [7, 11) is 1.95. The summed E-state index contributed by atoms with van der Waals surface area (Å²) in [5, 5.41) is 15.5. The zero-order valence-electron chi connectivity index (χ0n) is 19.5. The van der Waals surface area contributed by atoms with Gasteiger partial charge in [-0.2, -0.15) is 0 Å². The summed E-state index contributed by atoms with van der Waals surface area (Å²) in [6.07, 6.45) is 2.05. The van der Waals surface area contributed by atoms with Crippen LogP contribution in [0.2, 0.25) is 0 Å². The second kappa shape index (κ2) is 10.5. The van der Waals surface area contributed by atoms with E-state index in [-0.39, 0.29) is 17.9 Å². The van der Waals surface area contributed by atoms with Crippen molar-refractivity contribution in [1.29, 1.82) is 0 Å². The van der Waals surface area contributed by atoms with Crippen LogP contribution in [0.15, 0.2) is 59.6 Å². The van der Waals surface area contributed by atoms with Gasteiger partial charge >= 0.3 is 0 Å². The highest BCUT2D eigenvalue weighted by Crippen LogP contribution is 2.21. The quantitative estimate of drug-likeness (QED) is 0.443. The molecule has 2 aromatic carbocycles. The SMILES string of the molecule is Cc1nnc(CN=C(NC2CCCN(c3cccc(F)c3)C2)NC(C)c2ccccc2)n1C. The molecule has 0 spiro atoms. The maximum Gasteiger partial charge on any atom is 0.192 e. The molecular formula is C25H32FN7. The van der Waals surface area contributed by atoms with Crippen molar-refractivity contribution in [3.05, 3.63) is 77.6 Å². The maximum atomic E-state index is 13.7. The minimum Gasteiger partial charge on any atom is -0.369 e. The van der Waals surface area contributed by atoms with E-state index in [0.717, 1.165) is 49.2 Å². The second-order valence-electron chi connectivity index (χ2n) is 8.57. The lowest BCUT2D eigenvalue weighted by Crippen LogP contribution is -2.51. The Kier molecular flexibility index (Phi) is 7.22. The minimum atomic E-state index is -0.206. The van der Waals surface area contributed by atoms with Crippen LogP contribution in [-0.2, 0) is 13.6 Å². The molecule has 2 atom stereocenters. The van der Waals surface area contributed by atoms with E-state index in [2.05, 4.69) is 44.8 Å². The average molecular weight is 450 g/mol. The van der Waals surface area contributed by atoms with Crippen molar-refractivity contribution in [3.63, 3.8) is 0 Å². The van der Waals surface area contributed by atoms with E-state index in [1.54, 1.807) is 12.1 Å². The van der Waals surface area contributed by atoms with Gasteiger partial charge in [0.1, 0.15) is 18.2 Å². The molecule has 2 N–H and O–H groups in total. The van der Waals surface area contributed by atoms with E-state index in [4.69, 9.17) is 4.99 Å². The number of guanidine groups is 1. The Morgan fingerprint density at radius 2 is 2.00 bits per heavy atom. The van der Waals surface area contributed by atoms with Crippen molar-refractivity contribution in [3.8, 4) is 0 Å². The fraction of sp³-hybridized carbons (Fsp3) is 0.400. The number of aliphatic imine (C=N–C) groups is 1. The largest absolute Gasteiger partial charge is 0.369 e. The Bertz CT molecular complexity index is 1080. The third-order valence-electron chi connectivity index (χ3n) is 6.15. The fourth-order valence-corrected chi connectivity index (χ4v) is 4.10. The summed E-state index contributed by atoms with van der Waals surface area (Å²) in [5.74, 6) is 2.20. The van der Waals surface area contributed by atoms with Gasteiger partial charge in [0.15, 0.2) is 11.8 Å². The van der Waals surface area contributed by atoms with Crippen molar-refractivity contribution >= 4 is 11.6 Å². The maximum absolute atomic E-state index is 13.7. The third-order valence-corrected chi connectivity index (χ3v) is 6.15. The number of hydrogen-bond donors (Lipinski definition) is 2. The van der Waals surface area contributed by atoms with E-state index in [1.807, 2.05) is 42.8 Å². The molecule has 1 saturated heterocycles. The molecule has 33 heavy (non-hydrogen) atoms. The van der Waals surface area contributed by atoms with Crippen LogP contribution in [0.1, 0.15) is 43.0 Å². The van der Waals surface area contributed by atoms with Crippen molar-refractivity contribution in [2.24, 2.45) is 12.0 Å². The lowest BCUT2D eigenvalue weighted by molar-refractivity contribution is 0.464. The summed E-state index contributed by atoms with van der Waals surface area (Å²) < 4.78 is 15.7. The van der Waals surface area contributed by atoms with Gasteiger partial charge in [-0.25, -0.2) is 9.38 Å². The molecule has 2 unspecified atom stereocenters. The van der Waals surface area contributed by atoms with Crippen molar-refractivity contribution in [2.45, 2.75) is 45.3 Å². The molecule has 0 bridgehead atoms. The first kappa shape index (κ1) is 22.8. The van der Waals surface area contributed by atoms with E-state index in [9.17, 15) is 4.39 Å². The van der Waals surface area contributed by atoms with Crippen molar-refractivity contribution in [1.82, 2.24) is 25.4 Å². The molecule has 0 saturated carbocycles. The highest BCUT2D eigenvalue weighted by molar-refractivity contribution is 5.80. The number of aromatic nitrogens is 3. The fourth-order valence-electron chi connectivity index (χ4n) is 4.10. The minimum absolute atomic E-state index is 0.0848. The molecule has 2 heterocycles. The molecule has 7 nitrogen and oxygen atoms in total. The molecule has 1 fully saturated rings. The van der Waals surface area contributed by atoms with Crippen LogP contribution in [0.25, 0.3) is 0 Å². The van der Waals surface area contributed by atoms with Crippen molar-refractivity contribution in [2.75, 3.05) is 18.0 Å². The number of hydrogen-bond acceptors (Lipinski definition) is 4. The molecule has 1 aliphatic rings. The standard InChI is InChI=1S/C25H32FN7/c1-18(20-9-5-4-6-10-20)28-25(27-16-24-31-30-19(2)32(24)3)29-22-12-8-14-33(17-22)23-13-7-11-21(26)15-23/h4-7,9-11,13,15,18,22H,8,12,14,16-17H2,1-3H3,(H2,27,28,29). The summed E-state index contributed by atoms with van der Waals surface area (Å²) in [4.78, 5) is 7.06. The number of halogens is 1. The molecule has 0 radical (unpaired) electrons. The summed E-state index contributed by atoms with van der Waals surface area (Å²) in [5.41, 5.74) is 2.10. The Morgan fingerprint density at radius 1 is 1.18 bits per heavy atom. The van der Waals surface area contributed by atoms with Gasteiger partial charge in [0.25, 0.3) is 0 Å². The van der Waals surface area contributed by atoms with E-state index >= 15 is 0 Å². The highest BCUT2D eigenvalue weighted by Gasteiger charge is 2.22. The molecule has 4 rings (SSSR count). The Morgan fingerprint density at radius 3 is 2.73 bits per heavy atom. The number of anilines is 1. The van der Waals surface area contributed by atoms with Crippen LogP contribution in [0.5, 0.6) is 0 Å². The molecule has 3 aromatic rings. The lowest BCUT2D eigenvalue weighted by Gasteiger charge is -2.35. The average Bonchev–Trinajstić information content (AvgIpc) is 3.15. The Balaban J connectivity index is 1.49. The number of benzene rings is 2. The van der Waals surface area contributed by atoms with Gasteiger partial charge in [0.05, 0.1) is 6.04 Å². The number of nitrogens with zero attached hydrogens (tertiary/aromatic N) is 5. The van der Waals surface area contributed by atoms with Gasteiger partial charge in [0.2, 0.25) is 0 Å². The molecule has 0 aliphatic carbocycles. The molecule has 1 aliphatic heterocycles. The predicted octanol–water partition coefficient (Wildman–Crippen LogP) is 3.73. The molecule has 8 heteroatoms. The topological polar surface area (TPSA) is 70.4 Å². The number of aryl methyl sites for hydroxylation is 1. The zero-order valence-corrected chi connectivity index (χ0v) is 19.5. The summed E-state index contributed by atoms with van der Waals surface area (Å²) in [6, 6.07) is 17.4. The summed E-state index contributed by atoms with van der Waals surface area (Å²) >= 11 is 0. The normalized spacial score (nSPS) is 17.6. The van der Waals surface area contributed by atoms with E-state index in [0.29, 0.717) is 6.54 Å². The third kappa shape index (κ3) is 5.88. The van der Waals surface area contributed by atoms with Crippen LogP contribution in [-0.4, -0.2) is 39.9 Å². The van der Waals surface area contributed by atoms with Crippen LogP contribution >= 0.6 is 0 Å². The van der Waals surface area contributed by atoms with Gasteiger partial charge in [-0.1, -0.05) is 36.4 Å². The monoisotopic (exact) mass is 449 g/mol. The van der Waals surface area contributed by atoms with Crippen LogP contribution < -0.4 is 15.5 Å². The predicted molar refractivity (Wildman–Crippen MR) is 130 cm³/mol. The van der Waals surface area contributed by atoms with Gasteiger partial charge in [-0.15, -0.1) is 10.2 Å². The molecule has 174 valence electrons. The number of rotatable bonds is 6. The van der Waals surface area contributed by atoms with Gasteiger partial charge in [-0.05, 0) is 50.5 Å². The summed E-state index contributed by atoms with van der Waals surface area (Å²) in [6.45, 7) is 6.18. The van der Waals surface area contributed by atoms with Crippen LogP contribution in [0, 0.1) is 12.7 Å². The molecule has 1 aromatic heterocycles. The smallest absolute Gasteiger partial charge is 0.192 e. The van der Waals surface area contributed by atoms with Crippen molar-refractivity contribution < 1.29 is 4.39 Å². The second-order valence-corrected chi connectivity index (χ2v) is 8.57. The first-order valence-corrected chi connectivity index (χ1v) is 11.5. The Hall–Kier alpha value is -3.42. The number of nitrogens with one attached hydrogen (secondary N) is 2. The first-order valence-electron chi connectivity index (χ1n) is 11.5. The van der Waals surface area contributed by atoms with Crippen LogP contribution in [0.4, 0.5) is 10.1 Å². The molecular weight excluding hydrogens is 417 g/mol. The Labute approximate surface area is 194 Å². The van der Waals surface area contributed by atoms with Gasteiger partial charge < -0.3 is 20.1 Å². The first-order chi connectivity index (χ1) is 16.0. The zero-order chi connectivity index (χ0) is 23.2. The molecule has 0 amide bonds.